The molecular weight excluding hydrogens is 624 g/mol. The molecule has 4 nitrogen and oxygen atoms in total. The number of carbonyl (C=O) groups excluding carboxylic acids is 1. The van der Waals surface area contributed by atoms with E-state index in [0.29, 0.717) is 13.2 Å². The number of amides is 1. The van der Waals surface area contributed by atoms with Crippen LogP contribution in [0, 0.1) is 51.5 Å². The molecule has 0 heterocycles. The van der Waals surface area contributed by atoms with Gasteiger partial charge in [-0.3, -0.25) is 0 Å². The van der Waals surface area contributed by atoms with E-state index in [1.165, 1.54) is 57.8 Å². The number of hydrogen-bond donors (Lipinski definition) is 0. The molecule has 1 unspecified atom stereocenters. The molecule has 0 saturated carbocycles. The van der Waals surface area contributed by atoms with Crippen molar-refractivity contribution in [2.75, 3.05) is 27.3 Å². The molecule has 0 saturated heterocycles. The summed E-state index contributed by atoms with van der Waals surface area (Å²) in [6.45, 7) is 5.57. The van der Waals surface area contributed by atoms with Gasteiger partial charge < -0.3 is 21.8 Å². The fourth-order valence-electron chi connectivity index (χ4n) is 3.67. The Hall–Kier alpha value is -0.498. The number of rotatable bonds is 17. The average molecular weight is 672 g/mol. The van der Waals surface area contributed by atoms with E-state index in [-0.39, 0.29) is 50.7 Å². The van der Waals surface area contributed by atoms with Crippen molar-refractivity contribution in [3.05, 3.63) is 42.8 Å². The van der Waals surface area contributed by atoms with Gasteiger partial charge in [0.15, 0.2) is 0 Å². The maximum Gasteiger partial charge on any atom is 2.00 e. The average Bonchev–Trinajstić information content (AvgIpc) is 2.74. The van der Waals surface area contributed by atoms with Crippen molar-refractivity contribution in [3.63, 3.8) is 0 Å². The number of nitrogens with zero attached hydrogens (tertiary/aromatic N) is 1. The summed E-state index contributed by atoms with van der Waals surface area (Å²) < 4.78 is 11.0. The number of ether oxygens (including phenoxy) is 2. The fraction of sp³-hybridized carbons (Fsp3) is 0.704. The van der Waals surface area contributed by atoms with E-state index in [4.69, 9.17) is 9.47 Å². The van der Waals surface area contributed by atoms with Gasteiger partial charge in [-0.15, -0.1) is 5.56 Å². The number of unbranched alkanes of at least 4 members (excludes halogenated alkanes) is 9. The number of aryl methyl sites for hydroxylation is 1. The van der Waals surface area contributed by atoms with Gasteiger partial charge >= 0.3 is 37.2 Å². The van der Waals surface area contributed by atoms with Crippen LogP contribution in [0.4, 0.5) is 4.79 Å². The van der Waals surface area contributed by atoms with Crippen LogP contribution in [0.25, 0.3) is 0 Å². The van der Waals surface area contributed by atoms with Crippen LogP contribution in [0.3, 0.4) is 0 Å². The molecular formula is C27H47NO3U. The van der Waals surface area contributed by atoms with E-state index >= 15 is 0 Å². The van der Waals surface area contributed by atoms with Crippen molar-refractivity contribution in [3.8, 4) is 0 Å². The Morgan fingerprint density at radius 2 is 1.62 bits per heavy atom. The fourth-order valence-corrected chi connectivity index (χ4v) is 3.67. The second kappa shape index (κ2) is 22.3. The molecule has 0 aliphatic carbocycles. The largest absolute Gasteiger partial charge is 2.00 e. The minimum absolute atomic E-state index is 0. The number of hydrogen-bond acceptors (Lipinski definition) is 3. The van der Waals surface area contributed by atoms with Gasteiger partial charge in [-0.1, -0.05) is 71.6 Å². The van der Waals surface area contributed by atoms with Crippen LogP contribution < -0.4 is 0 Å². The molecule has 0 aromatic heterocycles. The van der Waals surface area contributed by atoms with Crippen LogP contribution in [0.2, 0.25) is 0 Å². The molecule has 1 atom stereocenters. The molecule has 32 heavy (non-hydrogen) atoms. The molecule has 182 valence electrons. The van der Waals surface area contributed by atoms with Crippen LogP contribution >= 0.6 is 0 Å². The second-order valence-corrected chi connectivity index (χ2v) is 8.42. The van der Waals surface area contributed by atoms with Crippen LogP contribution in [-0.4, -0.2) is 38.3 Å². The van der Waals surface area contributed by atoms with Crippen LogP contribution in [0.1, 0.15) is 101 Å². The molecule has 1 amide bonds. The van der Waals surface area contributed by atoms with Crippen molar-refractivity contribution < 1.29 is 45.4 Å². The quantitative estimate of drug-likeness (QED) is 0.126. The van der Waals surface area contributed by atoms with Crippen LogP contribution in [0.15, 0.2) is 18.2 Å². The summed E-state index contributed by atoms with van der Waals surface area (Å²) in [5.41, 5.74) is 2.14. The molecule has 5 heteroatoms. The maximum atomic E-state index is 12.5. The summed E-state index contributed by atoms with van der Waals surface area (Å²) >= 11 is 0. The zero-order valence-electron chi connectivity index (χ0n) is 21.4. The van der Waals surface area contributed by atoms with Gasteiger partial charge in [0.1, 0.15) is 6.10 Å². The monoisotopic (exact) mass is 671 g/mol. The Labute approximate surface area is 222 Å². The first-order valence-electron chi connectivity index (χ1n) is 12.0. The van der Waals surface area contributed by atoms with Gasteiger partial charge in [0.2, 0.25) is 0 Å². The van der Waals surface area contributed by atoms with Crippen LogP contribution in [0.5, 0.6) is 0 Å². The van der Waals surface area contributed by atoms with E-state index in [2.05, 4.69) is 19.1 Å². The molecule has 0 aliphatic rings. The Morgan fingerprint density at radius 3 is 2.19 bits per heavy atom. The molecule has 0 radical (unpaired) electrons. The number of methoxy groups -OCH3 is 1. The summed E-state index contributed by atoms with van der Waals surface area (Å²) in [6, 6.07) is 9.21. The first-order chi connectivity index (χ1) is 14.6. The van der Waals surface area contributed by atoms with E-state index in [1.54, 1.807) is 19.1 Å². The first kappa shape index (κ1) is 33.7. The Bertz CT molecular complexity index is 568. The molecule has 1 aromatic rings. The normalized spacial score (nSPS) is 11.2. The molecule has 0 fully saturated rings. The topological polar surface area (TPSA) is 38.8 Å². The molecule has 1 aromatic carbocycles. The van der Waals surface area contributed by atoms with E-state index in [1.807, 2.05) is 19.1 Å². The van der Waals surface area contributed by atoms with E-state index in [9.17, 15) is 4.79 Å². The second-order valence-electron chi connectivity index (χ2n) is 8.42. The van der Waals surface area contributed by atoms with Crippen molar-refractivity contribution in [2.24, 2.45) is 0 Å². The van der Waals surface area contributed by atoms with Gasteiger partial charge in [0.05, 0.1) is 0 Å². The van der Waals surface area contributed by atoms with Gasteiger partial charge in [-0.2, -0.15) is 29.8 Å². The summed E-state index contributed by atoms with van der Waals surface area (Å²) in [5, 5.41) is 0. The minimum Gasteiger partial charge on any atom is -0.443 e. The predicted molar refractivity (Wildman–Crippen MR) is 131 cm³/mol. The molecule has 0 spiro atoms. The minimum atomic E-state index is -0.256. The van der Waals surface area contributed by atoms with E-state index < -0.39 is 0 Å². The van der Waals surface area contributed by atoms with Gasteiger partial charge in [-0.05, 0) is 19.3 Å². The van der Waals surface area contributed by atoms with Crippen molar-refractivity contribution in [2.45, 2.75) is 97.0 Å². The Balaban J connectivity index is 0. The summed E-state index contributed by atoms with van der Waals surface area (Å²) in [7, 11) is 3.47. The van der Waals surface area contributed by atoms with Gasteiger partial charge in [0, 0.05) is 27.3 Å². The summed E-state index contributed by atoms with van der Waals surface area (Å²) in [5.74, 6) is 0. The Kier molecular flexibility index (Phi) is 23.5. The SMILES string of the molecule is CCCCCCCCCCCCC(OC(=O)N(C)CCCOC)c1cc[c-]c(C)c1.[CH3-].[U+2]. The van der Waals surface area contributed by atoms with Crippen molar-refractivity contribution in [1.82, 2.24) is 4.90 Å². The molecule has 0 N–H and O–H groups in total. The Morgan fingerprint density at radius 1 is 1.03 bits per heavy atom. The maximum absolute atomic E-state index is 12.5. The molecule has 0 bridgehead atoms. The molecule has 1 rings (SSSR count). The summed E-state index contributed by atoms with van der Waals surface area (Å²) in [6.07, 6.45) is 14.3. The predicted octanol–water partition coefficient (Wildman–Crippen LogP) is 7.70. The van der Waals surface area contributed by atoms with Gasteiger partial charge in [-0.25, -0.2) is 4.79 Å². The van der Waals surface area contributed by atoms with Crippen LogP contribution in [-0.2, 0) is 9.47 Å². The molecule has 0 aliphatic heterocycles. The van der Waals surface area contributed by atoms with Crippen molar-refractivity contribution in [1.29, 1.82) is 0 Å². The van der Waals surface area contributed by atoms with Crippen molar-refractivity contribution >= 4 is 6.09 Å². The smallest absolute Gasteiger partial charge is 0.443 e. The third-order valence-electron chi connectivity index (χ3n) is 5.56. The summed E-state index contributed by atoms with van der Waals surface area (Å²) in [4.78, 5) is 14.2. The first-order valence-corrected chi connectivity index (χ1v) is 12.0. The third-order valence-corrected chi connectivity index (χ3v) is 5.56. The number of benzene rings is 1. The zero-order chi connectivity index (χ0) is 22.0. The number of carbonyl (C=O) groups is 1. The van der Waals surface area contributed by atoms with Gasteiger partial charge in [0.25, 0.3) is 0 Å². The third kappa shape index (κ3) is 16.2. The van der Waals surface area contributed by atoms with E-state index in [0.717, 1.165) is 30.4 Å². The zero-order valence-corrected chi connectivity index (χ0v) is 25.5. The standard InChI is InChI=1S/C26H44NO3.CH3.U/c1-5-6-7-8-9-10-11-12-13-14-19-25(24-18-15-17-23(2)22-24)30-26(28)27(3)20-16-21-29-4;;/h15,18,22,25H,5-14,16,19-21H2,1-4H3;1H3;/q2*-1;+2.